The summed E-state index contributed by atoms with van der Waals surface area (Å²) in [7, 11) is 0. The molecular formula is C21H19N5O. The molecule has 0 spiro atoms. The Morgan fingerprint density at radius 3 is 2.15 bits per heavy atom. The van der Waals surface area contributed by atoms with Gasteiger partial charge in [0.1, 0.15) is 0 Å². The largest absolute Gasteiger partial charge is 0.324 e. The van der Waals surface area contributed by atoms with Gasteiger partial charge in [-0.2, -0.15) is 15.0 Å². The minimum atomic E-state index is 0.0838. The highest BCUT2D eigenvalue weighted by Crippen LogP contribution is 2.22. The van der Waals surface area contributed by atoms with E-state index in [1.807, 2.05) is 66.7 Å². The molecule has 0 fully saturated rings. The molecule has 0 radical (unpaired) electrons. The molecular weight excluding hydrogens is 338 g/mol. The van der Waals surface area contributed by atoms with Crippen molar-refractivity contribution < 1.29 is 4.79 Å². The van der Waals surface area contributed by atoms with Crippen molar-refractivity contribution >= 4 is 23.4 Å². The van der Waals surface area contributed by atoms with Crippen molar-refractivity contribution in [2.24, 2.45) is 0 Å². The maximum Gasteiger partial charge on any atom is 0.232 e. The lowest BCUT2D eigenvalue weighted by Crippen LogP contribution is -2.17. The van der Waals surface area contributed by atoms with Crippen molar-refractivity contribution in [1.82, 2.24) is 15.0 Å². The van der Waals surface area contributed by atoms with Gasteiger partial charge in [0.15, 0.2) is 11.6 Å². The highest BCUT2D eigenvalue weighted by Gasteiger charge is 2.16. The first-order valence-electron chi connectivity index (χ1n) is 8.92. The molecule has 0 aliphatic heterocycles. The molecule has 27 heavy (non-hydrogen) atoms. The molecule has 0 saturated carbocycles. The molecule has 0 bridgehead atoms. The van der Waals surface area contributed by atoms with Gasteiger partial charge in [-0.25, -0.2) is 0 Å². The van der Waals surface area contributed by atoms with E-state index in [9.17, 15) is 4.79 Å². The number of hydrogen-bond donors (Lipinski definition) is 2. The molecule has 1 aromatic heterocycles. The van der Waals surface area contributed by atoms with Crippen molar-refractivity contribution in [2.45, 2.75) is 19.3 Å². The molecule has 2 aromatic carbocycles. The van der Waals surface area contributed by atoms with E-state index in [0.717, 1.165) is 24.1 Å². The van der Waals surface area contributed by atoms with Crippen LogP contribution in [-0.4, -0.2) is 20.7 Å². The second kappa shape index (κ2) is 7.78. The molecule has 0 amide bonds. The zero-order valence-corrected chi connectivity index (χ0v) is 14.7. The molecule has 0 atom stereocenters. The molecule has 1 heterocycles. The average molecular weight is 357 g/mol. The molecule has 6 nitrogen and oxygen atoms in total. The second-order valence-electron chi connectivity index (χ2n) is 6.22. The zero-order chi connectivity index (χ0) is 18.5. The summed E-state index contributed by atoms with van der Waals surface area (Å²) >= 11 is 0. The van der Waals surface area contributed by atoms with E-state index in [0.29, 0.717) is 29.8 Å². The van der Waals surface area contributed by atoms with Crippen LogP contribution in [0.4, 0.5) is 17.6 Å². The number of ketones is 1. The summed E-state index contributed by atoms with van der Waals surface area (Å²) in [6.07, 6.45) is 4.21. The molecule has 0 saturated heterocycles. The third-order valence-corrected chi connectivity index (χ3v) is 4.20. The predicted octanol–water partition coefficient (Wildman–Crippen LogP) is 4.33. The number of allylic oxidation sites excluding steroid dienone is 2. The van der Waals surface area contributed by atoms with Gasteiger partial charge in [0, 0.05) is 17.7 Å². The van der Waals surface area contributed by atoms with E-state index in [2.05, 4.69) is 25.6 Å². The molecule has 1 aliphatic rings. The zero-order valence-electron chi connectivity index (χ0n) is 14.7. The Morgan fingerprint density at radius 2 is 1.44 bits per heavy atom. The average Bonchev–Trinajstić information content (AvgIpc) is 2.71. The molecule has 2 N–H and O–H groups in total. The Labute approximate surface area is 157 Å². The first-order chi connectivity index (χ1) is 13.3. The van der Waals surface area contributed by atoms with Crippen LogP contribution in [0.1, 0.15) is 19.3 Å². The minimum absolute atomic E-state index is 0.0838. The van der Waals surface area contributed by atoms with Gasteiger partial charge in [-0.1, -0.05) is 54.6 Å². The van der Waals surface area contributed by atoms with Crippen molar-refractivity contribution in [3.63, 3.8) is 0 Å². The fraction of sp³-hybridized carbons (Fsp3) is 0.143. The van der Waals surface area contributed by atoms with E-state index in [1.165, 1.54) is 0 Å². The fourth-order valence-electron chi connectivity index (χ4n) is 2.85. The van der Waals surface area contributed by atoms with Gasteiger partial charge in [0.05, 0.1) is 5.70 Å². The van der Waals surface area contributed by atoms with Gasteiger partial charge in [-0.05, 0) is 25.0 Å². The third kappa shape index (κ3) is 4.17. The van der Waals surface area contributed by atoms with Crippen LogP contribution in [-0.2, 0) is 4.79 Å². The van der Waals surface area contributed by atoms with Crippen molar-refractivity contribution in [3.8, 4) is 11.4 Å². The van der Waals surface area contributed by atoms with E-state index < -0.39 is 0 Å². The van der Waals surface area contributed by atoms with Crippen LogP contribution in [0.3, 0.4) is 0 Å². The van der Waals surface area contributed by atoms with Crippen LogP contribution in [0.5, 0.6) is 0 Å². The second-order valence-corrected chi connectivity index (χ2v) is 6.22. The lowest BCUT2D eigenvalue weighted by molar-refractivity contribution is -0.115. The highest BCUT2D eigenvalue weighted by molar-refractivity contribution is 5.98. The predicted molar refractivity (Wildman–Crippen MR) is 106 cm³/mol. The van der Waals surface area contributed by atoms with Crippen molar-refractivity contribution in [3.05, 3.63) is 72.4 Å². The maximum absolute atomic E-state index is 12.1. The summed E-state index contributed by atoms with van der Waals surface area (Å²) in [6.45, 7) is 0. The fourth-order valence-corrected chi connectivity index (χ4v) is 2.85. The van der Waals surface area contributed by atoms with Gasteiger partial charge in [0.25, 0.3) is 0 Å². The Balaban J connectivity index is 1.70. The van der Waals surface area contributed by atoms with E-state index in [4.69, 9.17) is 0 Å². The van der Waals surface area contributed by atoms with Crippen molar-refractivity contribution in [2.75, 3.05) is 10.6 Å². The summed E-state index contributed by atoms with van der Waals surface area (Å²) in [6, 6.07) is 19.4. The van der Waals surface area contributed by atoms with Gasteiger partial charge in [0.2, 0.25) is 11.9 Å². The molecule has 134 valence electrons. The number of nitrogens with zero attached hydrogens (tertiary/aromatic N) is 3. The van der Waals surface area contributed by atoms with Crippen LogP contribution in [0, 0.1) is 0 Å². The number of para-hydroxylation sites is 1. The van der Waals surface area contributed by atoms with Crippen molar-refractivity contribution in [1.29, 1.82) is 0 Å². The van der Waals surface area contributed by atoms with Gasteiger partial charge < -0.3 is 10.6 Å². The minimum Gasteiger partial charge on any atom is -0.324 e. The van der Waals surface area contributed by atoms with Gasteiger partial charge in [-0.3, -0.25) is 4.79 Å². The lowest BCUT2D eigenvalue weighted by atomic mass is 10.0. The summed E-state index contributed by atoms with van der Waals surface area (Å²) in [5.41, 5.74) is 2.31. The summed E-state index contributed by atoms with van der Waals surface area (Å²) in [5.74, 6) is 1.39. The number of carbonyl (C=O) groups is 1. The summed E-state index contributed by atoms with van der Waals surface area (Å²) < 4.78 is 0. The molecule has 3 aromatic rings. The molecule has 1 aliphatic carbocycles. The maximum atomic E-state index is 12.1. The Morgan fingerprint density at radius 1 is 0.778 bits per heavy atom. The lowest BCUT2D eigenvalue weighted by Gasteiger charge is -2.14. The number of carbonyl (C=O) groups excluding carboxylic acids is 1. The standard InChI is InChI=1S/C21H19N5O/c27-18-14-8-7-13-17(18)23-21-25-19(15-9-3-1-4-10-15)24-20(26-21)22-16-11-5-2-6-12-16/h1-6,9-13H,7-8,14H2,(H2,22,23,24,25,26). The smallest absolute Gasteiger partial charge is 0.232 e. The van der Waals surface area contributed by atoms with Crippen LogP contribution in [0.25, 0.3) is 11.4 Å². The van der Waals surface area contributed by atoms with Gasteiger partial charge >= 0.3 is 0 Å². The molecule has 0 unspecified atom stereocenters. The Hall–Kier alpha value is -3.54. The number of nitrogens with one attached hydrogen (secondary N) is 2. The van der Waals surface area contributed by atoms with Crippen LogP contribution in [0.15, 0.2) is 72.4 Å². The summed E-state index contributed by atoms with van der Waals surface area (Å²) in [4.78, 5) is 25.6. The quantitative estimate of drug-likeness (QED) is 0.707. The Kier molecular flexibility index (Phi) is 4.87. The van der Waals surface area contributed by atoms with Crippen LogP contribution < -0.4 is 10.6 Å². The number of Topliss-reactive ketones (excluding diaryl/α,β-unsaturated/α-hetero) is 1. The van der Waals surface area contributed by atoms with Gasteiger partial charge in [-0.15, -0.1) is 0 Å². The molecule has 4 rings (SSSR count). The third-order valence-electron chi connectivity index (χ3n) is 4.20. The number of benzene rings is 2. The number of aromatic nitrogens is 3. The first-order valence-corrected chi connectivity index (χ1v) is 8.92. The number of anilines is 3. The number of rotatable bonds is 5. The molecule has 6 heteroatoms. The van der Waals surface area contributed by atoms with Crippen LogP contribution >= 0.6 is 0 Å². The highest BCUT2D eigenvalue weighted by atomic mass is 16.1. The monoisotopic (exact) mass is 357 g/mol. The number of hydrogen-bond acceptors (Lipinski definition) is 6. The Bertz CT molecular complexity index is 970. The SMILES string of the molecule is O=C1CCCC=C1Nc1nc(Nc2ccccc2)nc(-c2ccccc2)n1. The first kappa shape index (κ1) is 16.9. The van der Waals surface area contributed by atoms with Crippen LogP contribution in [0.2, 0.25) is 0 Å². The van der Waals surface area contributed by atoms with E-state index >= 15 is 0 Å². The van der Waals surface area contributed by atoms with E-state index in [-0.39, 0.29) is 5.78 Å². The topological polar surface area (TPSA) is 79.8 Å². The normalized spacial score (nSPS) is 13.8. The summed E-state index contributed by atoms with van der Waals surface area (Å²) in [5, 5.41) is 6.27. The van der Waals surface area contributed by atoms with E-state index in [1.54, 1.807) is 0 Å².